The van der Waals surface area contributed by atoms with E-state index in [0.717, 1.165) is 49.2 Å². The molecule has 10 aromatic rings. The van der Waals surface area contributed by atoms with Gasteiger partial charge in [0.2, 0.25) is 5.95 Å². The first kappa shape index (κ1) is 24.9. The predicted octanol–water partition coefficient (Wildman–Crippen LogP) is 10.0. The van der Waals surface area contributed by atoms with Crippen molar-refractivity contribution in [1.82, 2.24) is 19.1 Å². The van der Waals surface area contributed by atoms with E-state index in [9.17, 15) is 5.26 Å². The van der Waals surface area contributed by atoms with Crippen LogP contribution < -0.4 is 0 Å². The third kappa shape index (κ3) is 3.33. The third-order valence-electron chi connectivity index (χ3n) is 9.35. The molecule has 7 aromatic carbocycles. The molecule has 0 radical (unpaired) electrons. The first-order valence-electron chi connectivity index (χ1n) is 15.3. The topological polar surface area (TPSA) is 59.4 Å². The van der Waals surface area contributed by atoms with Crippen molar-refractivity contribution in [3.8, 4) is 17.7 Å². The van der Waals surface area contributed by atoms with Crippen molar-refractivity contribution < 1.29 is 0 Å². The lowest BCUT2D eigenvalue weighted by Crippen LogP contribution is -2.03. The summed E-state index contributed by atoms with van der Waals surface area (Å²) in [5, 5.41) is 20.2. The molecule has 0 bridgehead atoms. The molecule has 3 heterocycles. The molecule has 0 fully saturated rings. The first-order chi connectivity index (χ1) is 22.8. The summed E-state index contributed by atoms with van der Waals surface area (Å²) in [7, 11) is 0. The maximum atomic E-state index is 9.97. The molecule has 0 N–H and O–H groups in total. The number of fused-ring (bicyclic) bond motifs is 11. The Balaban J connectivity index is 1.27. The molecule has 0 saturated carbocycles. The van der Waals surface area contributed by atoms with Crippen molar-refractivity contribution in [1.29, 1.82) is 5.26 Å². The molecular weight excluding hydrogens is 562 g/mol. The van der Waals surface area contributed by atoms with Crippen LogP contribution in [0.4, 0.5) is 0 Å². The summed E-state index contributed by atoms with van der Waals surface area (Å²) in [6.07, 6.45) is 0. The Morgan fingerprint density at radius 2 is 1.15 bits per heavy atom. The average Bonchev–Trinajstić information content (AvgIpc) is 3.64. The van der Waals surface area contributed by atoms with Crippen LogP contribution in [-0.2, 0) is 0 Å². The number of benzene rings is 7. The Hall–Kier alpha value is -6.51. The van der Waals surface area contributed by atoms with Crippen LogP contribution in [0.3, 0.4) is 0 Å². The highest BCUT2D eigenvalue weighted by Crippen LogP contribution is 2.40. The van der Waals surface area contributed by atoms with Crippen LogP contribution in [0, 0.1) is 11.3 Å². The lowest BCUT2D eigenvalue weighted by molar-refractivity contribution is 1.00. The van der Waals surface area contributed by atoms with E-state index in [0.29, 0.717) is 11.6 Å². The highest BCUT2D eigenvalue weighted by molar-refractivity contribution is 6.22. The molecule has 0 spiro atoms. The van der Waals surface area contributed by atoms with E-state index < -0.39 is 0 Å². The molecule has 0 atom stereocenters. The standard InChI is InChI=1S/C41H23N5/c42-24-35-32-12-3-6-14-34(32)43-41(44-35)46-37-16-8-5-13-33(37)39-28-21-19-27(23-26(28)18-22-38(39)46)45-36-15-7-4-11-30(36)31-20-17-25-9-1-2-10-29(25)40(31)45/h1-23H. The van der Waals surface area contributed by atoms with E-state index in [1.165, 1.54) is 32.6 Å². The van der Waals surface area contributed by atoms with Gasteiger partial charge in [-0.3, -0.25) is 4.57 Å². The number of nitriles is 1. The van der Waals surface area contributed by atoms with Crippen LogP contribution in [0.2, 0.25) is 0 Å². The normalized spacial score (nSPS) is 11.9. The molecule has 0 aliphatic rings. The van der Waals surface area contributed by atoms with Gasteiger partial charge in [0.1, 0.15) is 6.07 Å². The van der Waals surface area contributed by atoms with Crippen LogP contribution in [0.25, 0.3) is 87.7 Å². The van der Waals surface area contributed by atoms with Crippen molar-refractivity contribution in [3.05, 3.63) is 145 Å². The summed E-state index contributed by atoms with van der Waals surface area (Å²) in [5.41, 5.74) is 6.65. The monoisotopic (exact) mass is 585 g/mol. The van der Waals surface area contributed by atoms with Gasteiger partial charge in [-0.2, -0.15) is 5.26 Å². The van der Waals surface area contributed by atoms with Gasteiger partial charge in [-0.25, -0.2) is 9.97 Å². The van der Waals surface area contributed by atoms with E-state index in [1.807, 2.05) is 30.3 Å². The van der Waals surface area contributed by atoms with Crippen molar-refractivity contribution in [2.75, 3.05) is 0 Å². The van der Waals surface area contributed by atoms with Gasteiger partial charge in [-0.05, 0) is 58.6 Å². The molecular formula is C41H23N5. The van der Waals surface area contributed by atoms with Gasteiger partial charge < -0.3 is 4.57 Å². The molecule has 5 nitrogen and oxygen atoms in total. The fourth-order valence-corrected chi connectivity index (χ4v) is 7.39. The van der Waals surface area contributed by atoms with Gasteiger partial charge in [0, 0.05) is 38.0 Å². The van der Waals surface area contributed by atoms with Crippen LogP contribution in [0.15, 0.2) is 140 Å². The van der Waals surface area contributed by atoms with Gasteiger partial charge >= 0.3 is 0 Å². The lowest BCUT2D eigenvalue weighted by atomic mass is 10.0. The summed E-state index contributed by atoms with van der Waals surface area (Å²) in [6, 6.07) is 51.2. The second kappa shape index (κ2) is 9.25. The SMILES string of the molecule is N#Cc1nc(-n2c3ccccc3c3c4ccc(-n5c6ccccc6c6ccc7ccccc7c65)cc4ccc32)nc2ccccc12. The highest BCUT2D eigenvalue weighted by atomic mass is 15.2. The van der Waals surface area contributed by atoms with Gasteiger partial charge in [0.15, 0.2) is 5.69 Å². The summed E-state index contributed by atoms with van der Waals surface area (Å²) in [4.78, 5) is 9.69. The molecule has 0 aliphatic carbocycles. The molecule has 212 valence electrons. The summed E-state index contributed by atoms with van der Waals surface area (Å²) in [5.74, 6) is 0.495. The Bertz CT molecular complexity index is 2940. The maximum Gasteiger partial charge on any atom is 0.236 e. The maximum absolute atomic E-state index is 9.97. The number of aromatic nitrogens is 4. The van der Waals surface area contributed by atoms with Crippen LogP contribution in [0.5, 0.6) is 0 Å². The Morgan fingerprint density at radius 3 is 2.00 bits per heavy atom. The van der Waals surface area contributed by atoms with Crippen LogP contribution >= 0.6 is 0 Å². The van der Waals surface area contributed by atoms with Crippen molar-refractivity contribution in [3.63, 3.8) is 0 Å². The van der Waals surface area contributed by atoms with Gasteiger partial charge in [-0.15, -0.1) is 0 Å². The fraction of sp³-hybridized carbons (Fsp3) is 0. The first-order valence-corrected chi connectivity index (χ1v) is 15.3. The van der Waals surface area contributed by atoms with E-state index in [4.69, 9.17) is 9.97 Å². The highest BCUT2D eigenvalue weighted by Gasteiger charge is 2.19. The molecule has 0 amide bonds. The second-order valence-electron chi connectivity index (χ2n) is 11.8. The minimum atomic E-state index is 0.371. The summed E-state index contributed by atoms with van der Waals surface area (Å²) < 4.78 is 4.50. The number of para-hydroxylation sites is 3. The average molecular weight is 586 g/mol. The Kier molecular flexibility index (Phi) is 5.00. The predicted molar refractivity (Wildman–Crippen MR) is 188 cm³/mol. The van der Waals surface area contributed by atoms with Crippen molar-refractivity contribution >= 4 is 76.1 Å². The number of hydrogen-bond acceptors (Lipinski definition) is 3. The number of hydrogen-bond donors (Lipinski definition) is 0. The van der Waals surface area contributed by atoms with Crippen molar-refractivity contribution in [2.45, 2.75) is 0 Å². The summed E-state index contributed by atoms with van der Waals surface area (Å²) >= 11 is 0. The smallest absolute Gasteiger partial charge is 0.236 e. The van der Waals surface area contributed by atoms with Gasteiger partial charge in [0.05, 0.1) is 27.6 Å². The zero-order chi connectivity index (χ0) is 30.4. The van der Waals surface area contributed by atoms with Gasteiger partial charge in [-0.1, -0.05) is 97.1 Å². The van der Waals surface area contributed by atoms with Crippen molar-refractivity contribution in [2.24, 2.45) is 0 Å². The van der Waals surface area contributed by atoms with Crippen LogP contribution in [0.1, 0.15) is 5.69 Å². The zero-order valence-electron chi connectivity index (χ0n) is 24.5. The number of rotatable bonds is 2. The largest absolute Gasteiger partial charge is 0.309 e. The van der Waals surface area contributed by atoms with E-state index >= 15 is 0 Å². The van der Waals surface area contributed by atoms with Crippen LogP contribution in [-0.4, -0.2) is 19.1 Å². The third-order valence-corrected chi connectivity index (χ3v) is 9.35. The lowest BCUT2D eigenvalue weighted by Gasteiger charge is -2.12. The molecule has 0 unspecified atom stereocenters. The Morgan fingerprint density at radius 1 is 0.478 bits per heavy atom. The Labute approximate surface area is 262 Å². The van der Waals surface area contributed by atoms with E-state index in [1.54, 1.807) is 0 Å². The quantitative estimate of drug-likeness (QED) is 0.203. The molecule has 3 aromatic heterocycles. The van der Waals surface area contributed by atoms with E-state index in [2.05, 4.69) is 124 Å². The zero-order valence-corrected chi connectivity index (χ0v) is 24.5. The van der Waals surface area contributed by atoms with Gasteiger partial charge in [0.25, 0.3) is 0 Å². The van der Waals surface area contributed by atoms with E-state index in [-0.39, 0.29) is 0 Å². The second-order valence-corrected chi connectivity index (χ2v) is 11.8. The minimum Gasteiger partial charge on any atom is -0.309 e. The molecule has 0 saturated heterocycles. The molecule has 46 heavy (non-hydrogen) atoms. The molecule has 0 aliphatic heterocycles. The summed E-state index contributed by atoms with van der Waals surface area (Å²) in [6.45, 7) is 0. The number of nitrogens with zero attached hydrogens (tertiary/aromatic N) is 5. The molecule has 10 rings (SSSR count). The fourth-order valence-electron chi connectivity index (χ4n) is 7.39. The minimum absolute atomic E-state index is 0.371. The molecule has 5 heteroatoms.